The molecule has 2 aromatic rings. The fraction of sp³-hybridized carbons (Fsp3) is 0.300. The second kappa shape index (κ2) is 8.17. The fourth-order valence-corrected chi connectivity index (χ4v) is 3.08. The Balaban J connectivity index is 1.50. The summed E-state index contributed by atoms with van der Waals surface area (Å²) in [6.07, 6.45) is 2.65. The molecule has 1 saturated heterocycles. The zero-order valence-electron chi connectivity index (χ0n) is 14.0. The predicted molar refractivity (Wildman–Crippen MR) is 99.6 cm³/mol. The third kappa shape index (κ3) is 4.83. The third-order valence-corrected chi connectivity index (χ3v) is 4.59. The molecule has 0 radical (unpaired) electrons. The summed E-state index contributed by atoms with van der Waals surface area (Å²) in [5.74, 6) is 0.182. The van der Waals surface area contributed by atoms with E-state index in [9.17, 15) is 9.59 Å². The highest BCUT2D eigenvalue weighted by Gasteiger charge is 2.21. The van der Waals surface area contributed by atoms with Crippen molar-refractivity contribution in [1.82, 2.24) is 5.32 Å². The minimum absolute atomic E-state index is 0.0117. The fourth-order valence-electron chi connectivity index (χ4n) is 2.95. The maximum Gasteiger partial charge on any atom is 0.227 e. The Morgan fingerprint density at radius 1 is 1.12 bits per heavy atom. The van der Waals surface area contributed by atoms with Crippen LogP contribution in [0.15, 0.2) is 48.5 Å². The van der Waals surface area contributed by atoms with E-state index in [4.69, 9.17) is 11.6 Å². The molecule has 4 nitrogen and oxygen atoms in total. The molecule has 1 aliphatic rings. The van der Waals surface area contributed by atoms with Gasteiger partial charge >= 0.3 is 0 Å². The molecule has 5 heteroatoms. The van der Waals surface area contributed by atoms with Gasteiger partial charge in [-0.1, -0.05) is 35.9 Å². The van der Waals surface area contributed by atoms with E-state index in [1.54, 1.807) is 0 Å². The van der Waals surface area contributed by atoms with Gasteiger partial charge in [-0.25, -0.2) is 0 Å². The largest absolute Gasteiger partial charge is 0.352 e. The van der Waals surface area contributed by atoms with Gasteiger partial charge in [0.25, 0.3) is 0 Å². The van der Waals surface area contributed by atoms with Crippen LogP contribution in [0.1, 0.15) is 30.4 Å². The molecule has 25 heavy (non-hydrogen) atoms. The summed E-state index contributed by atoms with van der Waals surface area (Å²) < 4.78 is 0. The maximum absolute atomic E-state index is 12.0. The van der Waals surface area contributed by atoms with Crippen molar-refractivity contribution in [1.29, 1.82) is 0 Å². The van der Waals surface area contributed by atoms with E-state index in [1.165, 1.54) is 0 Å². The molecule has 0 aromatic heterocycles. The summed E-state index contributed by atoms with van der Waals surface area (Å²) >= 11 is 5.86. The zero-order chi connectivity index (χ0) is 17.6. The minimum Gasteiger partial charge on any atom is -0.352 e. The standard InChI is InChI=1S/C20H21ClN2O2/c21-17-9-6-15(7-10-17)8-11-19(24)22-14-16-3-1-4-18(13-16)23-12-2-5-20(23)25/h1,3-4,6-7,9-10,13H,2,5,8,11-12,14H2,(H,22,24). The van der Waals surface area contributed by atoms with E-state index in [0.717, 1.165) is 29.8 Å². The summed E-state index contributed by atoms with van der Waals surface area (Å²) in [5, 5.41) is 3.64. The minimum atomic E-state index is 0.0117. The average Bonchev–Trinajstić information content (AvgIpc) is 3.06. The van der Waals surface area contributed by atoms with Crippen molar-refractivity contribution in [2.24, 2.45) is 0 Å². The molecular weight excluding hydrogens is 336 g/mol. The Bertz CT molecular complexity index is 759. The van der Waals surface area contributed by atoms with Crippen molar-refractivity contribution in [3.63, 3.8) is 0 Å². The smallest absolute Gasteiger partial charge is 0.227 e. The first kappa shape index (κ1) is 17.5. The number of nitrogens with zero attached hydrogens (tertiary/aromatic N) is 1. The molecule has 3 rings (SSSR count). The number of carbonyl (C=O) groups excluding carboxylic acids is 2. The quantitative estimate of drug-likeness (QED) is 0.857. The van der Waals surface area contributed by atoms with Crippen LogP contribution in [0.4, 0.5) is 5.69 Å². The molecule has 0 bridgehead atoms. The Morgan fingerprint density at radius 2 is 1.92 bits per heavy atom. The zero-order valence-corrected chi connectivity index (χ0v) is 14.8. The second-order valence-electron chi connectivity index (χ2n) is 6.22. The molecule has 1 heterocycles. The number of rotatable bonds is 6. The van der Waals surface area contributed by atoms with Crippen LogP contribution in [-0.4, -0.2) is 18.4 Å². The van der Waals surface area contributed by atoms with Crippen LogP contribution in [0.3, 0.4) is 0 Å². The van der Waals surface area contributed by atoms with Crippen molar-refractivity contribution in [3.05, 3.63) is 64.7 Å². The van der Waals surface area contributed by atoms with Gasteiger partial charge in [0.15, 0.2) is 0 Å². The molecule has 1 N–H and O–H groups in total. The van der Waals surface area contributed by atoms with Gasteiger partial charge in [0.2, 0.25) is 11.8 Å². The van der Waals surface area contributed by atoms with Crippen molar-refractivity contribution < 1.29 is 9.59 Å². The van der Waals surface area contributed by atoms with Crippen molar-refractivity contribution in [2.45, 2.75) is 32.2 Å². The number of anilines is 1. The molecular formula is C20H21ClN2O2. The van der Waals surface area contributed by atoms with E-state index in [1.807, 2.05) is 53.4 Å². The van der Waals surface area contributed by atoms with Crippen LogP contribution in [0.2, 0.25) is 5.02 Å². The number of nitrogens with one attached hydrogen (secondary N) is 1. The summed E-state index contributed by atoms with van der Waals surface area (Å²) in [6, 6.07) is 15.3. The first-order valence-electron chi connectivity index (χ1n) is 8.52. The van der Waals surface area contributed by atoms with Gasteiger partial charge in [0, 0.05) is 36.6 Å². The van der Waals surface area contributed by atoms with E-state index in [-0.39, 0.29) is 11.8 Å². The summed E-state index contributed by atoms with van der Waals surface area (Å²) in [6.45, 7) is 1.24. The van der Waals surface area contributed by atoms with Gasteiger partial charge in [0.05, 0.1) is 0 Å². The highest BCUT2D eigenvalue weighted by atomic mass is 35.5. The van der Waals surface area contributed by atoms with Crippen molar-refractivity contribution in [2.75, 3.05) is 11.4 Å². The number of amides is 2. The second-order valence-corrected chi connectivity index (χ2v) is 6.66. The van der Waals surface area contributed by atoms with Crippen LogP contribution in [0.25, 0.3) is 0 Å². The van der Waals surface area contributed by atoms with Crippen LogP contribution in [0, 0.1) is 0 Å². The van der Waals surface area contributed by atoms with Gasteiger partial charge < -0.3 is 10.2 Å². The number of hydrogen-bond acceptors (Lipinski definition) is 2. The molecule has 130 valence electrons. The molecule has 0 unspecified atom stereocenters. The summed E-state index contributed by atoms with van der Waals surface area (Å²) in [4.78, 5) is 25.7. The molecule has 1 aliphatic heterocycles. The molecule has 2 amide bonds. The van der Waals surface area contributed by atoms with E-state index >= 15 is 0 Å². The first-order chi connectivity index (χ1) is 12.1. The normalized spacial score (nSPS) is 14.0. The first-order valence-corrected chi connectivity index (χ1v) is 8.90. The maximum atomic E-state index is 12.0. The van der Waals surface area contributed by atoms with Crippen LogP contribution in [0.5, 0.6) is 0 Å². The number of aryl methyl sites for hydroxylation is 1. The van der Waals surface area contributed by atoms with Crippen molar-refractivity contribution >= 4 is 29.1 Å². The molecule has 0 atom stereocenters. The van der Waals surface area contributed by atoms with E-state index < -0.39 is 0 Å². The Kier molecular flexibility index (Phi) is 5.71. The number of halogens is 1. The average molecular weight is 357 g/mol. The lowest BCUT2D eigenvalue weighted by molar-refractivity contribution is -0.121. The lowest BCUT2D eigenvalue weighted by Gasteiger charge is -2.16. The van der Waals surface area contributed by atoms with E-state index in [2.05, 4.69) is 5.32 Å². The number of carbonyl (C=O) groups is 2. The Hall–Kier alpha value is -2.33. The van der Waals surface area contributed by atoms with Crippen LogP contribution in [-0.2, 0) is 22.6 Å². The molecule has 2 aromatic carbocycles. The highest BCUT2D eigenvalue weighted by Crippen LogP contribution is 2.22. The lowest BCUT2D eigenvalue weighted by atomic mass is 10.1. The Morgan fingerprint density at radius 3 is 2.64 bits per heavy atom. The van der Waals surface area contributed by atoms with Crippen LogP contribution >= 0.6 is 11.6 Å². The van der Waals surface area contributed by atoms with Gasteiger partial charge in [-0.05, 0) is 48.2 Å². The lowest BCUT2D eigenvalue weighted by Crippen LogP contribution is -2.25. The van der Waals surface area contributed by atoms with Gasteiger partial charge in [-0.3, -0.25) is 9.59 Å². The van der Waals surface area contributed by atoms with E-state index in [0.29, 0.717) is 30.8 Å². The summed E-state index contributed by atoms with van der Waals surface area (Å²) in [5.41, 5.74) is 3.00. The van der Waals surface area contributed by atoms with Gasteiger partial charge in [-0.15, -0.1) is 0 Å². The van der Waals surface area contributed by atoms with Gasteiger partial charge in [-0.2, -0.15) is 0 Å². The molecule has 1 fully saturated rings. The highest BCUT2D eigenvalue weighted by molar-refractivity contribution is 6.30. The predicted octanol–water partition coefficient (Wildman–Crippen LogP) is 3.72. The molecule has 0 saturated carbocycles. The Labute approximate surface area is 152 Å². The monoisotopic (exact) mass is 356 g/mol. The van der Waals surface area contributed by atoms with Crippen LogP contribution < -0.4 is 10.2 Å². The molecule has 0 aliphatic carbocycles. The van der Waals surface area contributed by atoms with Crippen molar-refractivity contribution in [3.8, 4) is 0 Å². The third-order valence-electron chi connectivity index (χ3n) is 4.34. The van der Waals surface area contributed by atoms with Gasteiger partial charge in [0.1, 0.15) is 0 Å². The number of benzene rings is 2. The summed E-state index contributed by atoms with van der Waals surface area (Å²) in [7, 11) is 0. The molecule has 0 spiro atoms. The SMILES string of the molecule is O=C(CCc1ccc(Cl)cc1)NCc1cccc(N2CCCC2=O)c1. The topological polar surface area (TPSA) is 49.4 Å². The number of hydrogen-bond donors (Lipinski definition) is 1.